The van der Waals surface area contributed by atoms with Crippen LogP contribution in [-0.4, -0.2) is 11.9 Å². The number of benzene rings is 6. The zero-order chi connectivity index (χ0) is 38.5. The van der Waals surface area contributed by atoms with E-state index in [9.17, 15) is 9.59 Å². The second-order valence-electron chi connectivity index (χ2n) is 16.2. The average Bonchev–Trinajstić information content (AvgIpc) is 3.27. The van der Waals surface area contributed by atoms with Crippen molar-refractivity contribution in [1.29, 1.82) is 0 Å². The van der Waals surface area contributed by atoms with Gasteiger partial charge in [-0.2, -0.15) is 0 Å². The molecule has 0 aliphatic heterocycles. The van der Waals surface area contributed by atoms with Gasteiger partial charge in [0.25, 0.3) is 0 Å². The third-order valence-corrected chi connectivity index (χ3v) is 13.1. The number of allylic oxidation sites excluding steroid dienone is 10. The van der Waals surface area contributed by atoms with E-state index in [0.717, 1.165) is 94.1 Å². The van der Waals surface area contributed by atoms with Gasteiger partial charge in [0.1, 0.15) is 11.5 Å². The van der Waals surface area contributed by atoms with Crippen LogP contribution < -0.4 is 20.9 Å². The van der Waals surface area contributed by atoms with Crippen LogP contribution in [-0.2, 0) is 35.2 Å². The summed E-state index contributed by atoms with van der Waals surface area (Å²) in [5.41, 5.74) is 11.8. The lowest BCUT2D eigenvalue weighted by molar-refractivity contribution is 0.0682. The van der Waals surface area contributed by atoms with Crippen molar-refractivity contribution in [2.24, 2.45) is 0 Å². The van der Waals surface area contributed by atoms with Crippen LogP contribution in [0.15, 0.2) is 145 Å². The van der Waals surface area contributed by atoms with Crippen molar-refractivity contribution in [1.82, 2.24) is 0 Å². The maximum atomic E-state index is 13.9. The predicted octanol–water partition coefficient (Wildman–Crippen LogP) is 8.71. The van der Waals surface area contributed by atoms with Crippen molar-refractivity contribution in [3.05, 3.63) is 199 Å². The fraction of sp³-hybridized carbons (Fsp3) is 0.148. The topological polar surface area (TPSA) is 52.6 Å². The Labute approximate surface area is 335 Å². The minimum atomic E-state index is -0.378. The Morgan fingerprint density at radius 2 is 0.828 bits per heavy atom. The summed E-state index contributed by atoms with van der Waals surface area (Å²) in [5.74, 6) is 0.436. The molecule has 278 valence electrons. The van der Waals surface area contributed by atoms with Crippen LogP contribution in [0.5, 0.6) is 0 Å². The molecular formula is C54H38O4. The molecule has 0 atom stereocenters. The van der Waals surface area contributed by atoms with E-state index < -0.39 is 0 Å². The third-order valence-electron chi connectivity index (χ3n) is 13.1. The van der Waals surface area contributed by atoms with Crippen LogP contribution in [0.3, 0.4) is 0 Å². The smallest absolute Gasteiger partial charge is 0.343 e. The van der Waals surface area contributed by atoms with Crippen molar-refractivity contribution in [2.75, 3.05) is 0 Å². The van der Waals surface area contributed by atoms with Crippen LogP contribution in [0, 0.1) is 0 Å². The van der Waals surface area contributed by atoms with Crippen molar-refractivity contribution in [3.63, 3.8) is 0 Å². The highest BCUT2D eigenvalue weighted by Crippen LogP contribution is 2.37. The van der Waals surface area contributed by atoms with Crippen LogP contribution >= 0.6 is 0 Å². The molecule has 0 heterocycles. The molecule has 0 radical (unpaired) electrons. The van der Waals surface area contributed by atoms with Gasteiger partial charge >= 0.3 is 11.9 Å². The van der Waals surface area contributed by atoms with Gasteiger partial charge in [0, 0.05) is 10.4 Å². The first-order valence-electron chi connectivity index (χ1n) is 20.6. The minimum Gasteiger partial charge on any atom is -0.422 e. The van der Waals surface area contributed by atoms with Gasteiger partial charge in [-0.15, -0.1) is 0 Å². The van der Waals surface area contributed by atoms with Crippen LogP contribution in [0.4, 0.5) is 0 Å². The monoisotopic (exact) mass is 750 g/mol. The SMILES string of the molecule is O=C(OC1=c2ccc3c(c2CC=C1)CC=C1C=CCCC=31)c1cc2ccc3cc(C(=O)OC4=c5ccc6c(c5CC=C4)CC=C4C=CCCC=64)cc4ccc(c1)c2c34. The zero-order valence-corrected chi connectivity index (χ0v) is 32.0. The first-order valence-corrected chi connectivity index (χ1v) is 20.6. The molecule has 6 aromatic rings. The fourth-order valence-corrected chi connectivity index (χ4v) is 10.4. The van der Waals surface area contributed by atoms with Gasteiger partial charge in [-0.1, -0.05) is 97.1 Å². The Kier molecular flexibility index (Phi) is 7.41. The van der Waals surface area contributed by atoms with Crippen LogP contribution in [0.25, 0.3) is 55.0 Å². The number of esters is 2. The number of hydrogen-bond donors (Lipinski definition) is 0. The summed E-state index contributed by atoms with van der Waals surface area (Å²) in [7, 11) is 0. The standard InChI is InChI=1S/C54H38O4/c55-53(57-49-13-5-11-41-45-21-19-31-7-1-3-9-39(31)43(45)23-25-47(41)49)37-27-33-15-17-35-29-38(30-36-18-16-34(28-37)51(33)52(35)36)54(56)58-50-14-6-12-42-46-22-20-32-8-2-4-10-40(32)44(46)24-26-48(42)50/h1-2,5-8,13-20,23-30H,3-4,9-12,21-22H2. The Morgan fingerprint density at radius 3 is 1.26 bits per heavy atom. The molecule has 58 heavy (non-hydrogen) atoms. The van der Waals surface area contributed by atoms with Gasteiger partial charge in [0.2, 0.25) is 0 Å². The lowest BCUT2D eigenvalue weighted by Crippen LogP contribution is -2.29. The molecule has 0 fully saturated rings. The van der Waals surface area contributed by atoms with Crippen molar-refractivity contribution < 1.29 is 19.1 Å². The van der Waals surface area contributed by atoms with Gasteiger partial charge in [-0.3, -0.25) is 0 Å². The van der Waals surface area contributed by atoms with E-state index in [1.807, 2.05) is 60.7 Å². The molecule has 4 nitrogen and oxygen atoms in total. The van der Waals surface area contributed by atoms with Crippen LogP contribution in [0.2, 0.25) is 0 Å². The van der Waals surface area contributed by atoms with E-state index in [1.165, 1.54) is 55.0 Å². The molecule has 0 spiro atoms. The largest absolute Gasteiger partial charge is 0.422 e. The molecule has 6 aromatic carbocycles. The maximum Gasteiger partial charge on any atom is 0.343 e. The molecule has 0 unspecified atom stereocenters. The predicted molar refractivity (Wildman–Crippen MR) is 232 cm³/mol. The highest BCUT2D eigenvalue weighted by Gasteiger charge is 2.23. The maximum absolute atomic E-state index is 13.9. The molecule has 4 heteroatoms. The average molecular weight is 751 g/mol. The van der Waals surface area contributed by atoms with Crippen LogP contribution in [0.1, 0.15) is 68.7 Å². The highest BCUT2D eigenvalue weighted by atomic mass is 16.5. The highest BCUT2D eigenvalue weighted by molar-refractivity contribution is 6.25. The summed E-state index contributed by atoms with van der Waals surface area (Å²) in [6.07, 6.45) is 29.5. The van der Waals surface area contributed by atoms with Gasteiger partial charge < -0.3 is 9.47 Å². The second kappa shape index (κ2) is 12.9. The first kappa shape index (κ1) is 33.4. The molecule has 0 amide bonds. The molecule has 0 saturated heterocycles. The molecule has 12 rings (SSSR count). The lowest BCUT2D eigenvalue weighted by atomic mass is 9.83. The normalized spacial score (nSPS) is 17.4. The third kappa shape index (κ3) is 5.14. The van der Waals surface area contributed by atoms with Gasteiger partial charge in [-0.05, 0) is 175 Å². The molecule has 0 N–H and O–H groups in total. The summed E-state index contributed by atoms with van der Waals surface area (Å²) >= 11 is 0. The summed E-state index contributed by atoms with van der Waals surface area (Å²) in [6, 6.07) is 24.5. The zero-order valence-electron chi connectivity index (χ0n) is 32.0. The van der Waals surface area contributed by atoms with E-state index in [2.05, 4.69) is 72.9 Å². The summed E-state index contributed by atoms with van der Waals surface area (Å²) < 4.78 is 12.4. The Hall–Kier alpha value is -6.78. The van der Waals surface area contributed by atoms with Gasteiger partial charge in [0.15, 0.2) is 0 Å². The number of ether oxygens (including phenoxy) is 2. The summed E-state index contributed by atoms with van der Waals surface area (Å²) in [5, 5.41) is 10.6. The molecule has 6 aliphatic rings. The first-order chi connectivity index (χ1) is 28.6. The Morgan fingerprint density at radius 1 is 0.431 bits per heavy atom. The van der Waals surface area contributed by atoms with E-state index in [4.69, 9.17) is 9.47 Å². The van der Waals surface area contributed by atoms with Gasteiger partial charge in [0.05, 0.1) is 11.1 Å². The Bertz CT molecular complexity index is 3070. The van der Waals surface area contributed by atoms with Crippen molar-refractivity contribution in [2.45, 2.75) is 51.4 Å². The van der Waals surface area contributed by atoms with E-state index in [0.29, 0.717) is 22.6 Å². The summed E-state index contributed by atoms with van der Waals surface area (Å²) in [4.78, 5) is 27.8. The minimum absolute atomic E-state index is 0.378. The molecule has 6 aliphatic carbocycles. The molecule has 0 saturated carbocycles. The number of fused-ring (bicyclic) bond motifs is 8. The lowest BCUT2D eigenvalue weighted by Gasteiger charge is -2.22. The van der Waals surface area contributed by atoms with Gasteiger partial charge in [-0.25, -0.2) is 9.59 Å². The number of hydrogen-bond acceptors (Lipinski definition) is 4. The Balaban J connectivity index is 0.862. The molecular weight excluding hydrogens is 713 g/mol. The quantitative estimate of drug-likeness (QED) is 0.134. The van der Waals surface area contributed by atoms with E-state index >= 15 is 0 Å². The summed E-state index contributed by atoms with van der Waals surface area (Å²) in [6.45, 7) is 0. The van der Waals surface area contributed by atoms with Crippen molar-refractivity contribution >= 4 is 66.9 Å². The van der Waals surface area contributed by atoms with E-state index in [1.54, 1.807) is 0 Å². The second-order valence-corrected chi connectivity index (χ2v) is 16.2. The van der Waals surface area contributed by atoms with E-state index in [-0.39, 0.29) is 11.9 Å². The van der Waals surface area contributed by atoms with Crippen molar-refractivity contribution in [3.8, 4) is 0 Å². The fourth-order valence-electron chi connectivity index (χ4n) is 10.4. The number of rotatable bonds is 4. The molecule has 0 aromatic heterocycles. The number of carbonyl (C=O) groups is 2. The molecule has 0 bridgehead atoms. The number of carbonyl (C=O) groups excluding carboxylic acids is 2.